The van der Waals surface area contributed by atoms with Crippen LogP contribution in [0.15, 0.2) is 29.3 Å². The van der Waals surface area contributed by atoms with Crippen LogP contribution in [-0.2, 0) is 13.5 Å². The molecule has 1 heterocycles. The summed E-state index contributed by atoms with van der Waals surface area (Å²) in [6.45, 7) is 12.6. The molecule has 1 aromatic heterocycles. The van der Waals surface area contributed by atoms with E-state index < -0.39 is 0 Å². The molecule has 156 valence electrons. The zero-order valence-electron chi connectivity index (χ0n) is 17.9. The van der Waals surface area contributed by atoms with Crippen LogP contribution in [0.4, 0.5) is 0 Å². The Morgan fingerprint density at radius 2 is 1.93 bits per heavy atom. The zero-order valence-corrected chi connectivity index (χ0v) is 20.2. The number of halogens is 1. The first-order valence-corrected chi connectivity index (χ1v) is 9.65. The molecule has 0 fully saturated rings. The van der Waals surface area contributed by atoms with Crippen LogP contribution in [0, 0.1) is 20.8 Å². The Morgan fingerprint density at radius 1 is 1.21 bits per heavy atom. The number of nitrogens with one attached hydrogen (secondary N) is 2. The van der Waals surface area contributed by atoms with Gasteiger partial charge in [0.25, 0.3) is 0 Å². The van der Waals surface area contributed by atoms with Gasteiger partial charge < -0.3 is 15.4 Å². The highest BCUT2D eigenvalue weighted by Gasteiger charge is 2.10. The number of nitrogens with zero attached hydrogens (tertiary/aromatic N) is 3. The smallest absolute Gasteiger partial charge is 0.191 e. The Balaban J connectivity index is 0.00000392. The van der Waals surface area contributed by atoms with Crippen molar-refractivity contribution in [2.45, 2.75) is 47.1 Å². The van der Waals surface area contributed by atoms with E-state index in [0.717, 1.165) is 42.5 Å². The fraction of sp³-hybridized carbons (Fsp3) is 0.524. The van der Waals surface area contributed by atoms with Crippen molar-refractivity contribution in [2.24, 2.45) is 12.0 Å². The lowest BCUT2D eigenvalue weighted by molar-refractivity contribution is 0.228. The number of hydrogen-bond acceptors (Lipinski definition) is 3. The van der Waals surface area contributed by atoms with Gasteiger partial charge in [-0.05, 0) is 58.2 Å². The molecular formula is C21H34IN5O. The van der Waals surface area contributed by atoms with Crippen molar-refractivity contribution in [3.05, 3.63) is 46.8 Å². The molecule has 6 nitrogen and oxygen atoms in total. The maximum Gasteiger partial charge on any atom is 0.191 e. The molecule has 2 aromatic rings. The van der Waals surface area contributed by atoms with Crippen LogP contribution in [0.3, 0.4) is 0 Å². The number of rotatable bonds is 8. The molecule has 7 heteroatoms. The van der Waals surface area contributed by atoms with Crippen molar-refractivity contribution >= 4 is 29.9 Å². The normalized spacial score (nSPS) is 12.3. The molecule has 1 aromatic carbocycles. The number of para-hydroxylation sites is 1. The lowest BCUT2D eigenvalue weighted by Gasteiger charge is -2.16. The van der Waals surface area contributed by atoms with Crippen molar-refractivity contribution in [1.82, 2.24) is 20.4 Å². The molecule has 28 heavy (non-hydrogen) atoms. The molecule has 0 saturated heterocycles. The molecule has 0 aliphatic rings. The Labute approximate surface area is 186 Å². The number of aryl methyl sites for hydroxylation is 3. The van der Waals surface area contributed by atoms with Crippen molar-refractivity contribution in [3.8, 4) is 5.75 Å². The van der Waals surface area contributed by atoms with Crippen molar-refractivity contribution in [2.75, 3.05) is 19.6 Å². The molecule has 2 rings (SSSR count). The third kappa shape index (κ3) is 7.00. The fourth-order valence-electron chi connectivity index (χ4n) is 2.99. The second-order valence-corrected chi connectivity index (χ2v) is 6.86. The van der Waals surface area contributed by atoms with Gasteiger partial charge in [-0.1, -0.05) is 18.2 Å². The van der Waals surface area contributed by atoms with Gasteiger partial charge in [-0.2, -0.15) is 5.10 Å². The van der Waals surface area contributed by atoms with E-state index in [1.165, 1.54) is 11.3 Å². The molecular weight excluding hydrogens is 465 g/mol. The lowest BCUT2D eigenvalue weighted by Crippen LogP contribution is -2.39. The third-order valence-electron chi connectivity index (χ3n) is 4.60. The summed E-state index contributed by atoms with van der Waals surface area (Å²) in [7, 11) is 1.99. The van der Waals surface area contributed by atoms with E-state index in [9.17, 15) is 0 Å². The molecule has 1 unspecified atom stereocenters. The first kappa shape index (κ1) is 24.3. The average molecular weight is 499 g/mol. The summed E-state index contributed by atoms with van der Waals surface area (Å²) < 4.78 is 7.95. The van der Waals surface area contributed by atoms with Gasteiger partial charge in [0.1, 0.15) is 11.9 Å². The van der Waals surface area contributed by atoms with Crippen LogP contribution >= 0.6 is 24.0 Å². The summed E-state index contributed by atoms with van der Waals surface area (Å²) in [5, 5.41) is 11.2. The minimum absolute atomic E-state index is 0. The predicted octanol–water partition coefficient (Wildman–Crippen LogP) is 3.53. The number of aliphatic imine (C=N–C) groups is 1. The Bertz CT molecular complexity index is 772. The second kappa shape index (κ2) is 11.9. The summed E-state index contributed by atoms with van der Waals surface area (Å²) in [4.78, 5) is 4.67. The Morgan fingerprint density at radius 3 is 2.54 bits per heavy atom. The SMILES string of the molecule is CCNC(=NCC(C)Oc1ccccc1C)NCCc1c(C)nn(C)c1C.I. The minimum atomic E-state index is 0. The quantitative estimate of drug-likeness (QED) is 0.332. The van der Waals surface area contributed by atoms with E-state index in [0.29, 0.717) is 6.54 Å². The summed E-state index contributed by atoms with van der Waals surface area (Å²) in [6, 6.07) is 8.06. The minimum Gasteiger partial charge on any atom is -0.489 e. The van der Waals surface area contributed by atoms with E-state index in [1.54, 1.807) is 0 Å². The number of ether oxygens (including phenoxy) is 1. The summed E-state index contributed by atoms with van der Waals surface area (Å²) in [5.41, 5.74) is 4.76. The molecule has 0 aliphatic carbocycles. The number of guanidine groups is 1. The van der Waals surface area contributed by atoms with Crippen molar-refractivity contribution in [3.63, 3.8) is 0 Å². The zero-order chi connectivity index (χ0) is 19.8. The first-order chi connectivity index (χ1) is 12.9. The molecule has 0 spiro atoms. The van der Waals surface area contributed by atoms with Crippen LogP contribution in [-0.4, -0.2) is 41.5 Å². The van der Waals surface area contributed by atoms with E-state index >= 15 is 0 Å². The number of aromatic nitrogens is 2. The van der Waals surface area contributed by atoms with Gasteiger partial charge in [0.2, 0.25) is 0 Å². The third-order valence-corrected chi connectivity index (χ3v) is 4.60. The molecule has 2 N–H and O–H groups in total. The van der Waals surface area contributed by atoms with E-state index in [2.05, 4.69) is 54.5 Å². The Kier molecular flexibility index (Phi) is 10.3. The predicted molar refractivity (Wildman–Crippen MR) is 127 cm³/mol. The number of hydrogen-bond donors (Lipinski definition) is 2. The second-order valence-electron chi connectivity index (χ2n) is 6.86. The Hall–Kier alpha value is -1.77. The van der Waals surface area contributed by atoms with Crippen molar-refractivity contribution in [1.29, 1.82) is 0 Å². The maximum atomic E-state index is 6.01. The summed E-state index contributed by atoms with van der Waals surface area (Å²) in [6.07, 6.45) is 0.926. The fourth-order valence-corrected chi connectivity index (χ4v) is 2.99. The van der Waals surface area contributed by atoms with Gasteiger partial charge in [-0.25, -0.2) is 4.99 Å². The van der Waals surface area contributed by atoms with Gasteiger partial charge in [0.05, 0.1) is 12.2 Å². The van der Waals surface area contributed by atoms with Gasteiger partial charge in [0.15, 0.2) is 5.96 Å². The van der Waals surface area contributed by atoms with Gasteiger partial charge in [-0.15, -0.1) is 24.0 Å². The summed E-state index contributed by atoms with van der Waals surface area (Å²) in [5.74, 6) is 1.73. The van der Waals surface area contributed by atoms with Crippen LogP contribution in [0.25, 0.3) is 0 Å². The summed E-state index contributed by atoms with van der Waals surface area (Å²) >= 11 is 0. The topological polar surface area (TPSA) is 63.5 Å². The number of benzene rings is 1. The molecule has 1 atom stereocenters. The van der Waals surface area contributed by atoms with Crippen LogP contribution < -0.4 is 15.4 Å². The molecule has 0 amide bonds. The molecule has 0 radical (unpaired) electrons. The van der Waals surface area contributed by atoms with Gasteiger partial charge >= 0.3 is 0 Å². The van der Waals surface area contributed by atoms with Gasteiger partial charge in [-0.3, -0.25) is 4.68 Å². The monoisotopic (exact) mass is 499 g/mol. The largest absolute Gasteiger partial charge is 0.489 e. The van der Waals surface area contributed by atoms with E-state index in [1.807, 2.05) is 36.9 Å². The van der Waals surface area contributed by atoms with E-state index in [4.69, 9.17) is 4.74 Å². The van der Waals surface area contributed by atoms with E-state index in [-0.39, 0.29) is 30.1 Å². The van der Waals surface area contributed by atoms with Crippen molar-refractivity contribution < 1.29 is 4.74 Å². The highest BCUT2D eigenvalue weighted by Crippen LogP contribution is 2.17. The highest BCUT2D eigenvalue weighted by molar-refractivity contribution is 14.0. The van der Waals surface area contributed by atoms with Gasteiger partial charge in [0, 0.05) is 25.8 Å². The lowest BCUT2D eigenvalue weighted by atomic mass is 10.1. The molecule has 0 saturated carbocycles. The molecule has 0 aliphatic heterocycles. The van der Waals surface area contributed by atoms with Crippen LogP contribution in [0.5, 0.6) is 5.75 Å². The maximum absolute atomic E-state index is 6.01. The average Bonchev–Trinajstić information content (AvgIpc) is 2.87. The highest BCUT2D eigenvalue weighted by atomic mass is 127. The molecule has 0 bridgehead atoms. The van der Waals surface area contributed by atoms with Crippen LogP contribution in [0.2, 0.25) is 0 Å². The standard InChI is InChI=1S/C21H33N5O.HI/c1-7-22-21(23-13-12-19-17(4)25-26(6)18(19)5)24-14-16(3)27-20-11-9-8-10-15(20)2;/h8-11,16H,7,12-14H2,1-6H3,(H2,22,23,24);1H. The first-order valence-electron chi connectivity index (χ1n) is 9.65. The van der Waals surface area contributed by atoms with Crippen LogP contribution in [0.1, 0.15) is 36.4 Å².